The summed E-state index contributed by atoms with van der Waals surface area (Å²) in [6.07, 6.45) is -2.87. The standard InChI is InChI=1S/C15H18F3N3O2S/c1-11-5-7-13(8-6-11)14(15(16,17)18)21(4)24(22,23)12(2)9-20-10-19-3/h5-10,14H,3H2,1-2,4H3/b12-9+,20-10?/t14-/m1/s1. The van der Waals surface area contributed by atoms with E-state index in [-0.39, 0.29) is 10.5 Å². The highest BCUT2D eigenvalue weighted by atomic mass is 32.2. The number of benzene rings is 1. The van der Waals surface area contributed by atoms with E-state index in [1.54, 1.807) is 6.92 Å². The lowest BCUT2D eigenvalue weighted by atomic mass is 10.1. The van der Waals surface area contributed by atoms with Crippen molar-refractivity contribution in [1.29, 1.82) is 0 Å². The fourth-order valence-electron chi connectivity index (χ4n) is 1.97. The van der Waals surface area contributed by atoms with Gasteiger partial charge in [-0.2, -0.15) is 17.5 Å². The molecule has 1 aromatic rings. The maximum atomic E-state index is 13.5. The van der Waals surface area contributed by atoms with E-state index in [0.717, 1.165) is 32.1 Å². The minimum Gasteiger partial charge on any atom is -0.253 e. The van der Waals surface area contributed by atoms with Crippen LogP contribution >= 0.6 is 0 Å². The summed E-state index contributed by atoms with van der Waals surface area (Å²) in [7, 11) is -3.47. The molecule has 1 atom stereocenters. The van der Waals surface area contributed by atoms with Crippen LogP contribution in [0.2, 0.25) is 0 Å². The average Bonchev–Trinajstić information content (AvgIpc) is 2.48. The van der Waals surface area contributed by atoms with Gasteiger partial charge in [-0.1, -0.05) is 29.8 Å². The van der Waals surface area contributed by atoms with Crippen LogP contribution < -0.4 is 0 Å². The molecular weight excluding hydrogens is 343 g/mol. The lowest BCUT2D eigenvalue weighted by molar-refractivity contribution is -0.171. The van der Waals surface area contributed by atoms with Gasteiger partial charge in [0.15, 0.2) is 0 Å². The predicted molar refractivity (Wildman–Crippen MR) is 88.5 cm³/mol. The summed E-state index contributed by atoms with van der Waals surface area (Å²) in [5, 5.41) is 0. The second kappa shape index (κ2) is 7.71. The van der Waals surface area contributed by atoms with Gasteiger partial charge in [0.25, 0.3) is 0 Å². The third-order valence-electron chi connectivity index (χ3n) is 3.26. The molecule has 0 spiro atoms. The van der Waals surface area contributed by atoms with Crippen LogP contribution in [0.25, 0.3) is 0 Å². The molecule has 0 saturated heterocycles. The molecule has 9 heteroatoms. The Kier molecular flexibility index (Phi) is 6.44. The Morgan fingerprint density at radius 1 is 1.29 bits per heavy atom. The number of hydrogen-bond donors (Lipinski definition) is 0. The molecule has 1 aromatic carbocycles. The number of nitrogens with zero attached hydrogens (tertiary/aromatic N) is 3. The minimum atomic E-state index is -4.77. The normalized spacial score (nSPS) is 15.0. The second-order valence-electron chi connectivity index (χ2n) is 5.06. The molecule has 24 heavy (non-hydrogen) atoms. The van der Waals surface area contributed by atoms with Gasteiger partial charge in [0, 0.05) is 13.2 Å². The van der Waals surface area contributed by atoms with Gasteiger partial charge in [0.05, 0.1) is 4.91 Å². The molecule has 5 nitrogen and oxygen atoms in total. The van der Waals surface area contributed by atoms with Crippen molar-refractivity contribution in [3.8, 4) is 0 Å². The Bertz CT molecular complexity index is 738. The minimum absolute atomic E-state index is 0.164. The van der Waals surface area contributed by atoms with Gasteiger partial charge in [0.2, 0.25) is 10.0 Å². The molecule has 0 unspecified atom stereocenters. The van der Waals surface area contributed by atoms with Crippen molar-refractivity contribution in [3.05, 3.63) is 46.5 Å². The fourth-order valence-corrected chi connectivity index (χ4v) is 3.14. The van der Waals surface area contributed by atoms with Crippen molar-refractivity contribution in [2.45, 2.75) is 26.1 Å². The molecular formula is C15H18F3N3O2S. The lowest BCUT2D eigenvalue weighted by Crippen LogP contribution is -2.39. The van der Waals surface area contributed by atoms with E-state index in [9.17, 15) is 21.6 Å². The summed E-state index contributed by atoms with van der Waals surface area (Å²) in [6, 6.07) is 3.22. The van der Waals surface area contributed by atoms with Crippen molar-refractivity contribution in [2.75, 3.05) is 7.05 Å². The topological polar surface area (TPSA) is 62.1 Å². The highest BCUT2D eigenvalue weighted by Crippen LogP contribution is 2.39. The van der Waals surface area contributed by atoms with E-state index in [1.807, 2.05) is 0 Å². The lowest BCUT2D eigenvalue weighted by Gasteiger charge is -2.29. The van der Waals surface area contributed by atoms with Gasteiger partial charge < -0.3 is 0 Å². The summed E-state index contributed by atoms with van der Waals surface area (Å²) in [5.41, 5.74) is 0.607. The Morgan fingerprint density at radius 2 is 1.83 bits per heavy atom. The van der Waals surface area contributed by atoms with Crippen molar-refractivity contribution < 1.29 is 21.6 Å². The van der Waals surface area contributed by atoms with Gasteiger partial charge >= 0.3 is 6.18 Å². The van der Waals surface area contributed by atoms with Gasteiger partial charge in [-0.15, -0.1) is 0 Å². The first-order valence-electron chi connectivity index (χ1n) is 6.77. The number of aryl methyl sites for hydroxylation is 1. The zero-order valence-corrected chi connectivity index (χ0v) is 14.3. The molecule has 0 heterocycles. The molecule has 0 saturated carbocycles. The van der Waals surface area contributed by atoms with E-state index in [1.165, 1.54) is 24.3 Å². The maximum Gasteiger partial charge on any atom is 0.409 e. The number of hydrogen-bond acceptors (Lipinski definition) is 3. The van der Waals surface area contributed by atoms with Crippen molar-refractivity contribution in [2.24, 2.45) is 9.98 Å². The monoisotopic (exact) mass is 361 g/mol. The summed E-state index contributed by atoms with van der Waals surface area (Å²) in [4.78, 5) is 6.49. The second-order valence-corrected chi connectivity index (χ2v) is 7.23. The predicted octanol–water partition coefficient (Wildman–Crippen LogP) is 3.45. The third kappa shape index (κ3) is 4.75. The average molecular weight is 361 g/mol. The molecule has 0 amide bonds. The van der Waals surface area contributed by atoms with Crippen LogP contribution in [0.1, 0.15) is 24.1 Å². The first-order valence-corrected chi connectivity index (χ1v) is 8.21. The third-order valence-corrected chi connectivity index (χ3v) is 5.15. The van der Waals surface area contributed by atoms with Crippen LogP contribution in [0.4, 0.5) is 13.2 Å². The van der Waals surface area contributed by atoms with E-state index >= 15 is 0 Å². The van der Waals surface area contributed by atoms with Gasteiger partial charge in [-0.25, -0.2) is 13.4 Å². The molecule has 0 aliphatic rings. The molecule has 0 aliphatic heterocycles. The number of alkyl halides is 3. The molecule has 1 rings (SSSR count). The van der Waals surface area contributed by atoms with Crippen LogP contribution in [0, 0.1) is 6.92 Å². The van der Waals surface area contributed by atoms with Crippen LogP contribution in [-0.2, 0) is 10.0 Å². The van der Waals surface area contributed by atoms with E-state index in [0.29, 0.717) is 4.31 Å². The number of aliphatic imine (C=N–C) groups is 2. The van der Waals surface area contributed by atoms with Crippen molar-refractivity contribution in [1.82, 2.24) is 4.31 Å². The van der Waals surface area contributed by atoms with Crippen LogP contribution in [0.5, 0.6) is 0 Å². The van der Waals surface area contributed by atoms with Gasteiger partial charge in [0.1, 0.15) is 12.4 Å². The summed E-state index contributed by atoms with van der Waals surface area (Å²) >= 11 is 0. The van der Waals surface area contributed by atoms with Gasteiger partial charge in [-0.05, 0) is 26.1 Å². The van der Waals surface area contributed by atoms with E-state index < -0.39 is 22.2 Å². The Balaban J connectivity index is 3.33. The number of allylic oxidation sites excluding steroid dienone is 1. The zero-order chi connectivity index (χ0) is 18.5. The SMILES string of the molecule is C=NC=N/C=C(\C)S(=O)(=O)N(C)[C@H](c1ccc(C)cc1)C(F)(F)F. The quantitative estimate of drug-likeness (QED) is 0.575. The number of halogens is 3. The smallest absolute Gasteiger partial charge is 0.253 e. The number of rotatable bonds is 6. The molecule has 132 valence electrons. The molecule has 0 radical (unpaired) electrons. The fraction of sp³-hybridized carbons (Fsp3) is 0.333. The van der Waals surface area contributed by atoms with Gasteiger partial charge in [-0.3, -0.25) is 4.99 Å². The van der Waals surface area contributed by atoms with Crippen LogP contribution in [0.15, 0.2) is 45.4 Å². The molecule has 0 aliphatic carbocycles. The van der Waals surface area contributed by atoms with Crippen molar-refractivity contribution >= 4 is 23.1 Å². The van der Waals surface area contributed by atoms with Crippen LogP contribution in [0.3, 0.4) is 0 Å². The highest BCUT2D eigenvalue weighted by Gasteiger charge is 2.47. The molecule has 0 fully saturated rings. The Hall–Kier alpha value is -2.00. The van der Waals surface area contributed by atoms with Crippen LogP contribution in [-0.4, -0.2) is 39.0 Å². The molecule has 0 aromatic heterocycles. The zero-order valence-electron chi connectivity index (χ0n) is 13.4. The largest absolute Gasteiger partial charge is 0.409 e. The van der Waals surface area contributed by atoms with Crippen molar-refractivity contribution in [3.63, 3.8) is 0 Å². The van der Waals surface area contributed by atoms with E-state index in [2.05, 4.69) is 16.7 Å². The Morgan fingerprint density at radius 3 is 2.29 bits per heavy atom. The summed E-state index contributed by atoms with van der Waals surface area (Å²) in [5.74, 6) is 0. The summed E-state index contributed by atoms with van der Waals surface area (Å²) < 4.78 is 65.5. The van der Waals surface area contributed by atoms with E-state index in [4.69, 9.17) is 0 Å². The molecule has 0 bridgehead atoms. The molecule has 0 N–H and O–H groups in total. The highest BCUT2D eigenvalue weighted by molar-refractivity contribution is 7.92. The maximum absolute atomic E-state index is 13.5. The first kappa shape index (κ1) is 20.0. The number of sulfonamides is 1. The Labute approximate surface area is 139 Å². The summed E-state index contributed by atoms with van der Waals surface area (Å²) in [6.45, 7) is 6.01. The first-order chi connectivity index (χ1) is 11.0.